The molecule has 3 aliphatic rings. The van der Waals surface area contributed by atoms with Crippen LogP contribution in [0.2, 0.25) is 0 Å². The molecule has 1 N–H and O–H groups in total. The molecule has 9 nitrogen and oxygen atoms in total. The quantitative estimate of drug-likeness (QED) is 0.479. The van der Waals surface area contributed by atoms with E-state index in [0.29, 0.717) is 31.0 Å². The predicted molar refractivity (Wildman–Crippen MR) is 123 cm³/mol. The first-order valence-corrected chi connectivity index (χ1v) is 11.5. The Balaban J connectivity index is 1.26. The molecule has 0 aliphatic carbocycles. The number of alkyl halides is 4. The number of piperidine rings is 1. The van der Waals surface area contributed by atoms with E-state index in [2.05, 4.69) is 29.7 Å². The predicted octanol–water partition coefficient (Wildman–Crippen LogP) is 2.93. The molecule has 2 unspecified atom stereocenters. The fourth-order valence-electron chi connectivity index (χ4n) is 4.71. The first kappa shape index (κ1) is 24.6. The Bertz CT molecular complexity index is 1360. The number of hydrogen-bond donors (Lipinski definition) is 1. The van der Waals surface area contributed by atoms with E-state index < -0.39 is 24.1 Å². The van der Waals surface area contributed by atoms with Gasteiger partial charge in [0.05, 0.1) is 0 Å². The molecule has 2 atom stereocenters. The Morgan fingerprint density at radius 1 is 1.14 bits per heavy atom. The van der Waals surface area contributed by atoms with Gasteiger partial charge in [0.2, 0.25) is 0 Å². The molecule has 13 heteroatoms. The van der Waals surface area contributed by atoms with E-state index in [9.17, 15) is 27.6 Å². The number of H-pyrrole nitrogens is 1. The molecule has 0 aromatic carbocycles. The van der Waals surface area contributed by atoms with Crippen LogP contribution in [0.3, 0.4) is 0 Å². The zero-order chi connectivity index (χ0) is 26.2. The zero-order valence-corrected chi connectivity index (χ0v) is 19.4. The number of hydrogen-bond acceptors (Lipinski definition) is 8. The van der Waals surface area contributed by atoms with Crippen LogP contribution in [-0.2, 0) is 12.7 Å². The lowest BCUT2D eigenvalue weighted by molar-refractivity contribution is -0.141. The third-order valence-electron chi connectivity index (χ3n) is 6.50. The number of halogens is 4. The highest BCUT2D eigenvalue weighted by molar-refractivity contribution is 5.66. The number of pyridine rings is 2. The van der Waals surface area contributed by atoms with Gasteiger partial charge in [-0.25, -0.2) is 9.37 Å². The molecule has 6 rings (SSSR count). The zero-order valence-electron chi connectivity index (χ0n) is 19.4. The van der Waals surface area contributed by atoms with Crippen molar-refractivity contribution < 1.29 is 22.3 Å². The number of nitriles is 1. The summed E-state index contributed by atoms with van der Waals surface area (Å²) in [6.07, 6.45) is -0.668. The van der Waals surface area contributed by atoms with Crippen molar-refractivity contribution in [1.82, 2.24) is 24.8 Å². The first-order chi connectivity index (χ1) is 17.8. The number of rotatable bonds is 7. The van der Waals surface area contributed by atoms with Crippen molar-refractivity contribution in [2.24, 2.45) is 0 Å². The molecule has 0 radical (unpaired) electrons. The summed E-state index contributed by atoms with van der Waals surface area (Å²) in [6.45, 7) is 0.884. The molecule has 3 aromatic rings. The molecule has 3 saturated heterocycles. The number of nitrogens with zero attached hydrogens (tertiary/aromatic N) is 6. The molecule has 192 valence electrons. The number of aromatic nitrogens is 4. The first-order valence-electron chi connectivity index (χ1n) is 11.5. The van der Waals surface area contributed by atoms with E-state index >= 15 is 0 Å². The van der Waals surface area contributed by atoms with Crippen LogP contribution in [0.25, 0.3) is 11.3 Å². The van der Waals surface area contributed by atoms with E-state index in [-0.39, 0.29) is 36.0 Å². The highest BCUT2D eigenvalue weighted by Gasteiger charge is 2.44. The maximum atomic E-state index is 12.8. The van der Waals surface area contributed by atoms with Gasteiger partial charge in [0, 0.05) is 49.7 Å². The summed E-state index contributed by atoms with van der Waals surface area (Å²) in [5.74, 6) is 0.714. The van der Waals surface area contributed by atoms with E-state index in [1.165, 1.54) is 18.5 Å². The molecular weight excluding hydrogens is 494 g/mol. The summed E-state index contributed by atoms with van der Waals surface area (Å²) in [5.41, 5.74) is -0.527. The van der Waals surface area contributed by atoms with E-state index in [0.717, 1.165) is 18.1 Å². The number of aromatic amines is 1. The van der Waals surface area contributed by atoms with Gasteiger partial charge in [-0.3, -0.25) is 19.7 Å². The number of piperazine rings is 1. The molecule has 3 aromatic heterocycles. The minimum atomic E-state index is -4.46. The SMILES string of the molecule is N#Cc1c(-c2ccc(N3CC4CC(C3)N4Cc3ccc(C(F)(F)F)nc3)nc2)nc(OCCF)[nH]c1=O. The van der Waals surface area contributed by atoms with Crippen LogP contribution in [0, 0.1) is 11.3 Å². The minimum absolute atomic E-state index is 0.0944. The number of ether oxygens (including phenoxy) is 1. The lowest BCUT2D eigenvalue weighted by Gasteiger charge is -2.56. The highest BCUT2D eigenvalue weighted by Crippen LogP contribution is 2.36. The maximum Gasteiger partial charge on any atom is 0.433 e. The Morgan fingerprint density at radius 2 is 1.92 bits per heavy atom. The van der Waals surface area contributed by atoms with Crippen LogP contribution in [-0.4, -0.2) is 63.3 Å². The van der Waals surface area contributed by atoms with Crippen molar-refractivity contribution in [3.8, 4) is 23.3 Å². The summed E-state index contributed by atoms with van der Waals surface area (Å²) in [4.78, 5) is 31.1. The lowest BCUT2D eigenvalue weighted by Crippen LogP contribution is -2.68. The van der Waals surface area contributed by atoms with Gasteiger partial charge in [-0.1, -0.05) is 6.07 Å². The molecule has 37 heavy (non-hydrogen) atoms. The largest absolute Gasteiger partial charge is 0.462 e. The average molecular weight is 515 g/mol. The standard InChI is InChI=1S/C24H21F4N7O2/c25-5-6-37-23-32-21(18(8-29)22(36)33-23)15-2-4-20(31-10-15)34-12-16-7-17(13-34)35(16)11-14-1-3-19(30-9-14)24(26,27)28/h1-4,9-10,16-17H,5-7,11-13H2,(H,32,33,36). The molecule has 3 aliphatic heterocycles. The Hall–Kier alpha value is -4.05. The van der Waals surface area contributed by atoms with Crippen LogP contribution in [0.5, 0.6) is 6.01 Å². The number of fused-ring (bicyclic) bond motifs is 2. The van der Waals surface area contributed by atoms with Crippen molar-refractivity contribution in [1.29, 1.82) is 5.26 Å². The van der Waals surface area contributed by atoms with Gasteiger partial charge in [0.15, 0.2) is 0 Å². The van der Waals surface area contributed by atoms with Gasteiger partial charge in [-0.05, 0) is 30.2 Å². The topological polar surface area (TPSA) is 111 Å². The van der Waals surface area contributed by atoms with Crippen molar-refractivity contribution in [3.63, 3.8) is 0 Å². The monoisotopic (exact) mass is 515 g/mol. The van der Waals surface area contributed by atoms with Gasteiger partial charge in [0.1, 0.15) is 42.1 Å². The fourth-order valence-corrected chi connectivity index (χ4v) is 4.71. The summed E-state index contributed by atoms with van der Waals surface area (Å²) in [7, 11) is 0. The van der Waals surface area contributed by atoms with Crippen molar-refractivity contribution in [2.45, 2.75) is 31.2 Å². The second kappa shape index (κ2) is 9.78. The highest BCUT2D eigenvalue weighted by atomic mass is 19.4. The smallest absolute Gasteiger partial charge is 0.433 e. The van der Waals surface area contributed by atoms with Crippen molar-refractivity contribution in [2.75, 3.05) is 31.3 Å². The summed E-state index contributed by atoms with van der Waals surface area (Å²) >= 11 is 0. The molecule has 3 fully saturated rings. The normalized spacial score (nSPS) is 19.3. The summed E-state index contributed by atoms with van der Waals surface area (Å²) in [5, 5.41) is 9.40. The van der Waals surface area contributed by atoms with Gasteiger partial charge >= 0.3 is 6.18 Å². The van der Waals surface area contributed by atoms with Crippen LogP contribution >= 0.6 is 0 Å². The Morgan fingerprint density at radius 3 is 2.51 bits per heavy atom. The van der Waals surface area contributed by atoms with Crippen molar-refractivity contribution in [3.05, 3.63) is 63.8 Å². The molecule has 6 heterocycles. The van der Waals surface area contributed by atoms with Crippen LogP contribution in [0.1, 0.15) is 23.2 Å². The molecule has 2 bridgehead atoms. The van der Waals surface area contributed by atoms with Crippen LogP contribution in [0.4, 0.5) is 23.4 Å². The number of anilines is 1. The molecule has 0 amide bonds. The molecular formula is C24H21F4N7O2. The van der Waals surface area contributed by atoms with Crippen molar-refractivity contribution >= 4 is 5.82 Å². The van der Waals surface area contributed by atoms with E-state index in [4.69, 9.17) is 4.74 Å². The average Bonchev–Trinajstić information content (AvgIpc) is 2.90. The van der Waals surface area contributed by atoms with Gasteiger partial charge in [-0.2, -0.15) is 23.4 Å². The van der Waals surface area contributed by atoms with Crippen LogP contribution in [0.15, 0.2) is 41.5 Å². The summed E-state index contributed by atoms with van der Waals surface area (Å²) in [6, 6.07) is 8.07. The molecule has 0 spiro atoms. The second-order valence-electron chi connectivity index (χ2n) is 8.82. The Labute approximate surface area is 208 Å². The Kier molecular flexibility index (Phi) is 6.51. The third-order valence-corrected chi connectivity index (χ3v) is 6.50. The molecule has 0 saturated carbocycles. The van der Waals surface area contributed by atoms with E-state index in [1.54, 1.807) is 12.1 Å². The van der Waals surface area contributed by atoms with Gasteiger partial charge < -0.3 is 9.64 Å². The number of nitrogens with one attached hydrogen (secondary N) is 1. The van der Waals surface area contributed by atoms with Gasteiger partial charge in [0.25, 0.3) is 11.6 Å². The maximum absolute atomic E-state index is 12.8. The second-order valence-corrected chi connectivity index (χ2v) is 8.82. The summed E-state index contributed by atoms with van der Waals surface area (Å²) < 4.78 is 55.8. The lowest BCUT2D eigenvalue weighted by atomic mass is 9.87. The van der Waals surface area contributed by atoms with Gasteiger partial charge in [-0.15, -0.1) is 0 Å². The minimum Gasteiger partial charge on any atom is -0.462 e. The van der Waals surface area contributed by atoms with Crippen LogP contribution < -0.4 is 15.2 Å². The third kappa shape index (κ3) is 4.97. The van der Waals surface area contributed by atoms with E-state index in [1.807, 2.05) is 6.07 Å². The fraction of sp³-hybridized carbons (Fsp3) is 0.375.